The topological polar surface area (TPSA) is 87.7 Å². The number of aliphatic hydroxyl groups is 1. The maximum atomic E-state index is 13.2. The Labute approximate surface area is 192 Å². The van der Waals surface area contributed by atoms with E-state index in [4.69, 9.17) is 4.42 Å². The number of aryl methyl sites for hydroxylation is 2. The number of benzene rings is 2. The van der Waals surface area contributed by atoms with Gasteiger partial charge in [0.25, 0.3) is 5.91 Å². The van der Waals surface area contributed by atoms with Crippen LogP contribution in [0.4, 0.5) is 24.5 Å². The van der Waals surface area contributed by atoms with Crippen LogP contribution in [0.5, 0.6) is 0 Å². The van der Waals surface area contributed by atoms with Crippen LogP contribution in [0.25, 0.3) is 11.0 Å². The number of hydrogen-bond acceptors (Lipinski definition) is 5. The van der Waals surface area contributed by atoms with E-state index in [1.54, 1.807) is 25.1 Å². The summed E-state index contributed by atoms with van der Waals surface area (Å²) >= 11 is 0. The highest BCUT2D eigenvalue weighted by atomic mass is 19.4. The van der Waals surface area contributed by atoms with Crippen molar-refractivity contribution in [3.8, 4) is 0 Å². The molecular weight excluding hydrogens is 447 g/mol. The summed E-state index contributed by atoms with van der Waals surface area (Å²) in [5.41, 5.74) is 1.80. The van der Waals surface area contributed by atoms with Crippen molar-refractivity contribution in [3.05, 3.63) is 94.3 Å². The fourth-order valence-electron chi connectivity index (χ4n) is 3.45. The van der Waals surface area contributed by atoms with Crippen molar-refractivity contribution in [2.24, 2.45) is 4.99 Å². The van der Waals surface area contributed by atoms with Crippen molar-refractivity contribution < 1.29 is 27.5 Å². The van der Waals surface area contributed by atoms with Crippen LogP contribution in [0.3, 0.4) is 0 Å². The van der Waals surface area contributed by atoms with E-state index in [0.717, 1.165) is 17.7 Å². The highest BCUT2D eigenvalue weighted by Gasteiger charge is 2.30. The number of anilines is 1. The molecule has 0 spiro atoms. The van der Waals surface area contributed by atoms with E-state index in [1.807, 2.05) is 13.0 Å². The van der Waals surface area contributed by atoms with Gasteiger partial charge in [-0.25, -0.2) is 4.99 Å². The number of nitrogens with zero attached hydrogens (tertiary/aromatic N) is 2. The summed E-state index contributed by atoms with van der Waals surface area (Å²) in [7, 11) is 0. The van der Waals surface area contributed by atoms with Crippen molar-refractivity contribution in [3.63, 3.8) is 0 Å². The number of carbonyl (C=O) groups is 1. The molecule has 2 aromatic carbocycles. The third-order valence-corrected chi connectivity index (χ3v) is 5.15. The zero-order chi connectivity index (χ0) is 24.5. The number of alkyl halides is 3. The Hall–Kier alpha value is -3.98. The molecule has 0 bridgehead atoms. The van der Waals surface area contributed by atoms with E-state index in [2.05, 4.69) is 15.3 Å². The minimum atomic E-state index is -4.55. The monoisotopic (exact) mass is 467 g/mol. The molecule has 4 rings (SSSR count). The van der Waals surface area contributed by atoms with Crippen molar-refractivity contribution in [1.82, 2.24) is 4.98 Å². The molecule has 6 nitrogen and oxygen atoms in total. The van der Waals surface area contributed by atoms with Crippen LogP contribution in [0.2, 0.25) is 0 Å². The number of nitrogens with one attached hydrogen (secondary N) is 1. The fraction of sp³-hybridized carbons (Fsp3) is 0.160. The molecule has 2 heterocycles. The Bertz CT molecular complexity index is 1460. The number of amides is 1. The quantitative estimate of drug-likeness (QED) is 0.418. The molecule has 0 aliphatic rings. The van der Waals surface area contributed by atoms with Crippen LogP contribution in [0.15, 0.2) is 70.2 Å². The maximum Gasteiger partial charge on any atom is 0.416 e. The molecule has 1 amide bonds. The molecule has 4 aromatic rings. The second-order valence-electron chi connectivity index (χ2n) is 7.72. The molecule has 0 radical (unpaired) electrons. The van der Waals surface area contributed by atoms with Gasteiger partial charge in [-0.2, -0.15) is 13.2 Å². The summed E-state index contributed by atoms with van der Waals surface area (Å²) in [6.07, 6.45) is -3.08. The van der Waals surface area contributed by atoms with Gasteiger partial charge < -0.3 is 14.8 Å². The SMILES string of the molecule is Cc1cccc(N=c2oc3c(C)ncc(CO)c3cc2C(=O)Nc2cccc(C(F)(F)F)c2)c1. The van der Waals surface area contributed by atoms with Crippen molar-refractivity contribution >= 4 is 28.3 Å². The van der Waals surface area contributed by atoms with E-state index in [-0.39, 0.29) is 23.4 Å². The number of fused-ring (bicyclic) bond motifs is 1. The largest absolute Gasteiger partial charge is 0.436 e. The van der Waals surface area contributed by atoms with E-state index >= 15 is 0 Å². The first-order valence-corrected chi connectivity index (χ1v) is 10.3. The predicted molar refractivity (Wildman–Crippen MR) is 120 cm³/mol. The molecule has 0 saturated heterocycles. The molecular formula is C25H20F3N3O3. The van der Waals surface area contributed by atoms with Gasteiger partial charge in [-0.05, 0) is 55.8 Å². The first kappa shape index (κ1) is 23.2. The number of aromatic nitrogens is 1. The summed E-state index contributed by atoms with van der Waals surface area (Å²) in [6, 6.07) is 13.0. The molecule has 2 N–H and O–H groups in total. The highest BCUT2D eigenvalue weighted by Crippen LogP contribution is 2.31. The summed E-state index contributed by atoms with van der Waals surface area (Å²) < 4.78 is 45.2. The third kappa shape index (κ3) is 4.84. The summed E-state index contributed by atoms with van der Waals surface area (Å²) in [6.45, 7) is 3.26. The van der Waals surface area contributed by atoms with Gasteiger partial charge in [-0.1, -0.05) is 18.2 Å². The number of hydrogen-bond donors (Lipinski definition) is 2. The molecule has 0 aliphatic carbocycles. The van der Waals surface area contributed by atoms with Crippen molar-refractivity contribution in [2.75, 3.05) is 5.32 Å². The van der Waals surface area contributed by atoms with E-state index in [1.165, 1.54) is 24.4 Å². The summed E-state index contributed by atoms with van der Waals surface area (Å²) in [5.74, 6) is -0.713. The molecule has 2 aromatic heterocycles. The van der Waals surface area contributed by atoms with Crippen molar-refractivity contribution in [2.45, 2.75) is 26.6 Å². The first-order valence-electron chi connectivity index (χ1n) is 10.3. The lowest BCUT2D eigenvalue weighted by atomic mass is 10.1. The standard InChI is InChI=1S/C25H20F3N3O3/c1-14-5-3-7-18(9-14)31-24-21(11-20-16(13-32)12-29-15(2)22(20)34-24)23(33)30-19-8-4-6-17(10-19)25(26,27)28/h3-12,32H,13H2,1-2H3,(H,30,33). The van der Waals surface area contributed by atoms with Crippen LogP contribution in [0.1, 0.15) is 32.7 Å². The minimum absolute atomic E-state index is 0.00767. The number of carbonyl (C=O) groups excluding carboxylic acids is 1. The number of pyridine rings is 1. The van der Waals surface area contributed by atoms with Gasteiger partial charge in [0.2, 0.25) is 5.55 Å². The number of halogens is 3. The lowest BCUT2D eigenvalue weighted by Crippen LogP contribution is -2.22. The number of aliphatic hydroxyl groups excluding tert-OH is 1. The molecule has 0 saturated carbocycles. The average molecular weight is 467 g/mol. The van der Waals surface area contributed by atoms with Gasteiger partial charge in [0.05, 0.1) is 23.6 Å². The maximum absolute atomic E-state index is 13.2. The van der Waals surface area contributed by atoms with E-state index in [0.29, 0.717) is 27.9 Å². The van der Waals surface area contributed by atoms with Gasteiger partial charge in [0.15, 0.2) is 5.58 Å². The van der Waals surface area contributed by atoms with Gasteiger partial charge in [0.1, 0.15) is 5.56 Å². The van der Waals surface area contributed by atoms with Gasteiger partial charge >= 0.3 is 6.18 Å². The molecule has 34 heavy (non-hydrogen) atoms. The molecule has 0 atom stereocenters. The first-order chi connectivity index (χ1) is 16.2. The minimum Gasteiger partial charge on any atom is -0.436 e. The van der Waals surface area contributed by atoms with Crippen molar-refractivity contribution in [1.29, 1.82) is 0 Å². The smallest absolute Gasteiger partial charge is 0.416 e. The number of rotatable bonds is 4. The molecule has 0 aliphatic heterocycles. The van der Waals surface area contributed by atoms with Crippen LogP contribution >= 0.6 is 0 Å². The van der Waals surface area contributed by atoms with Gasteiger partial charge in [0, 0.05) is 22.8 Å². The third-order valence-electron chi connectivity index (χ3n) is 5.15. The lowest BCUT2D eigenvalue weighted by Gasteiger charge is -2.11. The highest BCUT2D eigenvalue weighted by molar-refractivity contribution is 6.05. The normalized spacial score (nSPS) is 12.2. The predicted octanol–water partition coefficient (Wildman–Crippen LogP) is 5.44. The van der Waals surface area contributed by atoms with Gasteiger partial charge in [-0.3, -0.25) is 9.78 Å². The zero-order valence-corrected chi connectivity index (χ0v) is 18.3. The Morgan fingerprint density at radius 1 is 1.12 bits per heavy atom. The molecule has 0 unspecified atom stereocenters. The van der Waals surface area contributed by atoms with Gasteiger partial charge in [-0.15, -0.1) is 0 Å². The summed E-state index contributed by atoms with van der Waals surface area (Å²) in [4.78, 5) is 21.9. The Morgan fingerprint density at radius 3 is 2.59 bits per heavy atom. The van der Waals surface area contributed by atoms with Crippen LogP contribution in [-0.4, -0.2) is 16.0 Å². The Balaban J connectivity index is 1.88. The second kappa shape index (κ2) is 9.11. The van der Waals surface area contributed by atoms with E-state index in [9.17, 15) is 23.1 Å². The molecule has 174 valence electrons. The summed E-state index contributed by atoms with van der Waals surface area (Å²) in [5, 5.41) is 12.7. The fourth-order valence-corrected chi connectivity index (χ4v) is 3.45. The van der Waals surface area contributed by atoms with E-state index < -0.39 is 17.6 Å². The van der Waals surface area contributed by atoms with Crippen LogP contribution in [0, 0.1) is 13.8 Å². The van der Waals surface area contributed by atoms with Crippen LogP contribution < -0.4 is 10.9 Å². The molecule has 9 heteroatoms. The Morgan fingerprint density at radius 2 is 1.88 bits per heavy atom. The Kier molecular flexibility index (Phi) is 6.21. The molecule has 0 fully saturated rings. The lowest BCUT2D eigenvalue weighted by molar-refractivity contribution is -0.137. The average Bonchev–Trinajstić information content (AvgIpc) is 2.79. The zero-order valence-electron chi connectivity index (χ0n) is 18.3. The van der Waals surface area contributed by atoms with Crippen LogP contribution in [-0.2, 0) is 12.8 Å². The second-order valence-corrected chi connectivity index (χ2v) is 7.72.